The first-order valence-electron chi connectivity index (χ1n) is 8.07. The van der Waals surface area contributed by atoms with Crippen LogP contribution < -0.4 is 14.8 Å². The summed E-state index contributed by atoms with van der Waals surface area (Å²) >= 11 is 0. The lowest BCUT2D eigenvalue weighted by Crippen LogP contribution is -2.21. The second-order valence-electron chi connectivity index (χ2n) is 5.78. The predicted molar refractivity (Wildman–Crippen MR) is 94.0 cm³/mol. The first kappa shape index (κ1) is 20.2. The van der Waals surface area contributed by atoms with Crippen LogP contribution in [0, 0.1) is 11.6 Å². The highest BCUT2D eigenvalue weighted by Gasteiger charge is 2.15. The van der Waals surface area contributed by atoms with E-state index in [0.717, 1.165) is 12.1 Å². The third-order valence-corrected chi connectivity index (χ3v) is 3.30. The molecule has 0 aromatic heterocycles. The van der Waals surface area contributed by atoms with Crippen LogP contribution in [0.4, 0.5) is 14.5 Å². The van der Waals surface area contributed by atoms with Crippen molar-refractivity contribution in [2.24, 2.45) is 0 Å². The van der Waals surface area contributed by atoms with Gasteiger partial charge in [0.25, 0.3) is 5.91 Å². The van der Waals surface area contributed by atoms with Gasteiger partial charge in [-0.3, -0.25) is 4.79 Å². The smallest absolute Gasteiger partial charge is 0.338 e. The summed E-state index contributed by atoms with van der Waals surface area (Å²) in [5, 5.41) is 2.19. The molecule has 2 aromatic carbocycles. The molecule has 0 bridgehead atoms. The lowest BCUT2D eigenvalue weighted by Gasteiger charge is -2.14. The molecular weight excluding hydrogens is 360 g/mol. The van der Waals surface area contributed by atoms with Gasteiger partial charge in [0.1, 0.15) is 11.6 Å². The Hall–Kier alpha value is -3.16. The summed E-state index contributed by atoms with van der Waals surface area (Å²) in [7, 11) is 1.43. The number of hydrogen-bond donors (Lipinski definition) is 1. The number of halogens is 2. The zero-order valence-electron chi connectivity index (χ0n) is 15.0. The average molecular weight is 379 g/mol. The highest BCUT2D eigenvalue weighted by atomic mass is 19.1. The van der Waals surface area contributed by atoms with Gasteiger partial charge < -0.3 is 19.5 Å². The summed E-state index contributed by atoms with van der Waals surface area (Å²) in [5.74, 6) is -2.42. The van der Waals surface area contributed by atoms with Crippen molar-refractivity contribution in [2.75, 3.05) is 19.0 Å². The van der Waals surface area contributed by atoms with E-state index >= 15 is 0 Å². The number of carbonyl (C=O) groups is 2. The van der Waals surface area contributed by atoms with Gasteiger partial charge in [-0.1, -0.05) is 0 Å². The molecular formula is C19H19F2NO5. The van der Waals surface area contributed by atoms with Crippen molar-refractivity contribution in [3.05, 3.63) is 53.6 Å². The number of ether oxygens (including phenoxy) is 3. The zero-order valence-corrected chi connectivity index (χ0v) is 15.0. The number of rotatable bonds is 7. The van der Waals surface area contributed by atoms with Gasteiger partial charge in [-0.2, -0.15) is 0 Å². The molecule has 1 amide bonds. The number of amides is 1. The molecule has 0 atom stereocenters. The molecule has 2 aromatic rings. The number of nitrogens with one attached hydrogen (secondary N) is 1. The quantitative estimate of drug-likeness (QED) is 0.745. The van der Waals surface area contributed by atoms with E-state index in [0.29, 0.717) is 17.6 Å². The fourth-order valence-electron chi connectivity index (χ4n) is 2.14. The van der Waals surface area contributed by atoms with E-state index in [1.54, 1.807) is 6.07 Å². The third-order valence-electron chi connectivity index (χ3n) is 3.30. The van der Waals surface area contributed by atoms with Gasteiger partial charge in [0.05, 0.1) is 24.5 Å². The Labute approximate surface area is 155 Å². The van der Waals surface area contributed by atoms with Crippen molar-refractivity contribution < 1.29 is 32.6 Å². The van der Waals surface area contributed by atoms with Crippen LogP contribution in [-0.2, 0) is 9.53 Å². The van der Waals surface area contributed by atoms with Gasteiger partial charge in [0.2, 0.25) is 0 Å². The highest BCUT2D eigenvalue weighted by molar-refractivity contribution is 5.95. The van der Waals surface area contributed by atoms with Crippen LogP contribution in [0.1, 0.15) is 24.2 Å². The van der Waals surface area contributed by atoms with Crippen LogP contribution in [-0.4, -0.2) is 31.7 Å². The van der Waals surface area contributed by atoms with Crippen molar-refractivity contribution in [2.45, 2.75) is 20.0 Å². The summed E-state index contributed by atoms with van der Waals surface area (Å²) in [6.07, 6.45) is -0.0766. The van der Waals surface area contributed by atoms with Crippen molar-refractivity contribution in [3.63, 3.8) is 0 Å². The molecule has 0 aliphatic heterocycles. The van der Waals surface area contributed by atoms with Gasteiger partial charge in [-0.15, -0.1) is 0 Å². The topological polar surface area (TPSA) is 73.9 Å². The third kappa shape index (κ3) is 5.67. The Morgan fingerprint density at radius 1 is 1.07 bits per heavy atom. The normalized spacial score (nSPS) is 10.4. The predicted octanol–water partition coefficient (Wildman–Crippen LogP) is 3.56. The van der Waals surface area contributed by atoms with Crippen LogP contribution in [0.25, 0.3) is 0 Å². The van der Waals surface area contributed by atoms with Crippen molar-refractivity contribution in [1.29, 1.82) is 0 Å². The SMILES string of the molecule is COc1cc(C(=O)OCC(=O)Nc2ccc(F)cc2F)ccc1OC(C)C. The monoisotopic (exact) mass is 379 g/mol. The van der Waals surface area contributed by atoms with E-state index in [9.17, 15) is 18.4 Å². The number of esters is 1. The van der Waals surface area contributed by atoms with Gasteiger partial charge in [-0.05, 0) is 44.2 Å². The summed E-state index contributed by atoms with van der Waals surface area (Å²) in [5.41, 5.74) is -0.0574. The lowest BCUT2D eigenvalue weighted by atomic mass is 10.2. The first-order valence-corrected chi connectivity index (χ1v) is 8.07. The molecule has 0 unspecified atom stereocenters. The standard InChI is InChI=1S/C19H19F2NO5/c1-11(2)27-16-7-4-12(8-17(16)25-3)19(24)26-10-18(23)22-15-6-5-13(20)9-14(15)21/h4-9,11H,10H2,1-3H3,(H,22,23). The Balaban J connectivity index is 1.97. The molecule has 0 fully saturated rings. The van der Waals surface area contributed by atoms with E-state index in [1.807, 2.05) is 13.8 Å². The van der Waals surface area contributed by atoms with E-state index in [2.05, 4.69) is 5.32 Å². The molecule has 0 radical (unpaired) electrons. The van der Waals surface area contributed by atoms with Crippen LogP contribution in [0.5, 0.6) is 11.5 Å². The second kappa shape index (κ2) is 8.98. The Morgan fingerprint density at radius 3 is 2.44 bits per heavy atom. The number of carbonyl (C=O) groups excluding carboxylic acids is 2. The molecule has 0 aliphatic carbocycles. The largest absolute Gasteiger partial charge is 0.493 e. The molecule has 8 heteroatoms. The molecule has 144 valence electrons. The summed E-state index contributed by atoms with van der Waals surface area (Å²) in [4.78, 5) is 23.9. The van der Waals surface area contributed by atoms with Gasteiger partial charge in [0, 0.05) is 6.07 Å². The van der Waals surface area contributed by atoms with Crippen LogP contribution in [0.2, 0.25) is 0 Å². The maximum atomic E-state index is 13.5. The second-order valence-corrected chi connectivity index (χ2v) is 5.78. The van der Waals surface area contributed by atoms with Gasteiger partial charge in [0.15, 0.2) is 18.1 Å². The molecule has 0 saturated carbocycles. The van der Waals surface area contributed by atoms with E-state index in [-0.39, 0.29) is 17.4 Å². The number of hydrogen-bond acceptors (Lipinski definition) is 5. The molecule has 0 spiro atoms. The van der Waals surface area contributed by atoms with Crippen LogP contribution in [0.15, 0.2) is 36.4 Å². The Kier molecular flexibility index (Phi) is 6.70. The van der Waals surface area contributed by atoms with Crippen LogP contribution in [0.3, 0.4) is 0 Å². The van der Waals surface area contributed by atoms with Crippen molar-refractivity contribution in [1.82, 2.24) is 0 Å². The van der Waals surface area contributed by atoms with Crippen molar-refractivity contribution >= 4 is 17.6 Å². The minimum atomic E-state index is -0.930. The van der Waals surface area contributed by atoms with E-state index in [1.165, 1.54) is 19.2 Å². The fourth-order valence-corrected chi connectivity index (χ4v) is 2.14. The van der Waals surface area contributed by atoms with E-state index in [4.69, 9.17) is 14.2 Å². The average Bonchev–Trinajstić information content (AvgIpc) is 2.62. The maximum Gasteiger partial charge on any atom is 0.338 e. The van der Waals surface area contributed by atoms with Gasteiger partial charge in [-0.25, -0.2) is 13.6 Å². The van der Waals surface area contributed by atoms with Crippen LogP contribution >= 0.6 is 0 Å². The Morgan fingerprint density at radius 2 is 1.81 bits per heavy atom. The summed E-state index contributed by atoms with van der Waals surface area (Å²) in [6, 6.07) is 7.16. The Bertz CT molecular complexity index is 839. The molecule has 0 aliphatic rings. The highest BCUT2D eigenvalue weighted by Crippen LogP contribution is 2.29. The summed E-state index contributed by atoms with van der Waals surface area (Å²) in [6.45, 7) is 3.07. The zero-order chi connectivity index (χ0) is 20.0. The molecule has 0 heterocycles. The minimum Gasteiger partial charge on any atom is -0.493 e. The minimum absolute atomic E-state index is 0.0766. The first-order chi connectivity index (χ1) is 12.8. The molecule has 0 saturated heterocycles. The molecule has 2 rings (SSSR count). The van der Waals surface area contributed by atoms with Gasteiger partial charge >= 0.3 is 5.97 Å². The van der Waals surface area contributed by atoms with E-state index < -0.39 is 30.1 Å². The number of anilines is 1. The lowest BCUT2D eigenvalue weighted by molar-refractivity contribution is -0.119. The maximum absolute atomic E-state index is 13.5. The summed E-state index contributed by atoms with van der Waals surface area (Å²) < 4.78 is 42.0. The molecule has 27 heavy (non-hydrogen) atoms. The number of methoxy groups -OCH3 is 1. The molecule has 1 N–H and O–H groups in total. The van der Waals surface area contributed by atoms with Crippen molar-refractivity contribution in [3.8, 4) is 11.5 Å². The number of benzene rings is 2. The fraction of sp³-hybridized carbons (Fsp3) is 0.263. The molecule has 6 nitrogen and oxygen atoms in total.